The lowest BCUT2D eigenvalue weighted by molar-refractivity contribution is -0.771. The molecule has 0 spiro atoms. The fourth-order valence-corrected chi connectivity index (χ4v) is 1.30. The van der Waals surface area contributed by atoms with E-state index in [1.54, 1.807) is 0 Å². The molecular weight excluding hydrogens is 164 g/mol. The second-order valence-electron chi connectivity index (χ2n) is 2.99. The third-order valence-electron chi connectivity index (χ3n) is 1.94. The van der Waals surface area contributed by atoms with Crippen molar-refractivity contribution in [3.63, 3.8) is 0 Å². The lowest BCUT2D eigenvalue weighted by Gasteiger charge is -2.31. The molecule has 1 aliphatic heterocycles. The number of likely N-dealkylation sites (tertiary alicyclic amines) is 1. The molecule has 0 aliphatic carbocycles. The van der Waals surface area contributed by atoms with E-state index in [4.69, 9.17) is 0 Å². The summed E-state index contributed by atoms with van der Waals surface area (Å²) in [6.07, 6.45) is -0.913. The van der Waals surface area contributed by atoms with Gasteiger partial charge in [0.1, 0.15) is 6.10 Å². The second-order valence-corrected chi connectivity index (χ2v) is 2.99. The van der Waals surface area contributed by atoms with Gasteiger partial charge in [-0.25, -0.2) is 0 Å². The van der Waals surface area contributed by atoms with Crippen LogP contribution in [0.4, 0.5) is 0 Å². The van der Waals surface area contributed by atoms with Gasteiger partial charge in [-0.05, 0) is 13.5 Å². The molecule has 0 aromatic rings. The van der Waals surface area contributed by atoms with Gasteiger partial charge in [-0.3, -0.25) is 0 Å². The summed E-state index contributed by atoms with van der Waals surface area (Å²) in [5.74, 6) is 0. The molecule has 0 amide bonds. The second kappa shape index (κ2) is 3.68. The van der Waals surface area contributed by atoms with Gasteiger partial charge in [0.15, 0.2) is 0 Å². The lowest BCUT2D eigenvalue weighted by Crippen LogP contribution is -2.46. The van der Waals surface area contributed by atoms with Crippen LogP contribution >= 0.6 is 0 Å². The van der Waals surface area contributed by atoms with E-state index < -0.39 is 17.3 Å². The molecule has 12 heavy (non-hydrogen) atoms. The molecule has 0 saturated carbocycles. The zero-order chi connectivity index (χ0) is 9.14. The Morgan fingerprint density at radius 1 is 1.75 bits per heavy atom. The number of hydrogen-bond acceptors (Lipinski definition) is 5. The summed E-state index contributed by atoms with van der Waals surface area (Å²) in [6.45, 7) is 1.15. The maximum absolute atomic E-state index is 9.95. The molecule has 0 aromatic carbocycles. The zero-order valence-corrected chi connectivity index (χ0v) is 6.84. The van der Waals surface area contributed by atoms with Gasteiger partial charge in [0.2, 0.25) is 0 Å². The predicted octanol–water partition coefficient (Wildman–Crippen LogP) is -0.740. The molecule has 1 saturated heterocycles. The largest absolute Gasteiger partial charge is 0.389 e. The first-order chi connectivity index (χ1) is 5.59. The van der Waals surface area contributed by atoms with Crippen LogP contribution in [0.1, 0.15) is 6.42 Å². The fraction of sp³-hybridized carbons (Fsp3) is 1.00. The van der Waals surface area contributed by atoms with Crippen LogP contribution in [0.25, 0.3) is 0 Å². The zero-order valence-electron chi connectivity index (χ0n) is 6.84. The number of likely N-dealkylation sites (N-methyl/N-ethyl adjacent to an activating group) is 1. The molecule has 1 aliphatic rings. The van der Waals surface area contributed by atoms with Gasteiger partial charge >= 0.3 is 0 Å². The first-order valence-corrected chi connectivity index (χ1v) is 3.77. The molecule has 1 fully saturated rings. The van der Waals surface area contributed by atoms with E-state index in [9.17, 15) is 15.2 Å². The Morgan fingerprint density at radius 2 is 2.42 bits per heavy atom. The van der Waals surface area contributed by atoms with Crippen LogP contribution in [0.15, 0.2) is 0 Å². The van der Waals surface area contributed by atoms with E-state index in [0.29, 0.717) is 13.0 Å². The first kappa shape index (κ1) is 9.21. The van der Waals surface area contributed by atoms with Crippen molar-refractivity contribution in [3.8, 4) is 0 Å². The molecule has 6 heteroatoms. The number of aliphatic hydroxyl groups is 1. The highest BCUT2D eigenvalue weighted by Crippen LogP contribution is 2.12. The van der Waals surface area contributed by atoms with Crippen LogP contribution in [-0.4, -0.2) is 47.4 Å². The van der Waals surface area contributed by atoms with E-state index in [1.165, 1.54) is 0 Å². The highest BCUT2D eigenvalue weighted by Gasteiger charge is 2.28. The Labute approximate surface area is 69.8 Å². The van der Waals surface area contributed by atoms with Gasteiger partial charge < -0.3 is 14.8 Å². The summed E-state index contributed by atoms with van der Waals surface area (Å²) in [7, 11) is 1.85. The Morgan fingerprint density at radius 3 is 2.92 bits per heavy atom. The van der Waals surface area contributed by atoms with Crippen molar-refractivity contribution >= 4 is 0 Å². The summed E-state index contributed by atoms with van der Waals surface area (Å²) in [5.41, 5.74) is 0. The molecule has 2 unspecified atom stereocenters. The van der Waals surface area contributed by atoms with Crippen molar-refractivity contribution < 1.29 is 15.0 Å². The molecule has 0 bridgehead atoms. The smallest absolute Gasteiger partial charge is 0.294 e. The van der Waals surface area contributed by atoms with Crippen molar-refractivity contribution in [1.82, 2.24) is 4.90 Å². The van der Waals surface area contributed by atoms with Crippen LogP contribution in [0, 0.1) is 10.1 Å². The molecule has 1 N–H and O–H groups in total. The van der Waals surface area contributed by atoms with Gasteiger partial charge in [0.25, 0.3) is 5.09 Å². The molecule has 2 atom stereocenters. The molecule has 1 rings (SSSR count). The number of aliphatic hydroxyl groups excluding tert-OH is 1. The van der Waals surface area contributed by atoms with E-state index >= 15 is 0 Å². The molecule has 0 aromatic heterocycles. The Kier molecular flexibility index (Phi) is 2.83. The van der Waals surface area contributed by atoms with E-state index in [1.807, 2.05) is 11.9 Å². The number of β-amino-alcohol motifs (C(OH)–C–C–N with tert-alkyl or cyclic N) is 1. The molecule has 1 heterocycles. The van der Waals surface area contributed by atoms with Crippen LogP contribution in [-0.2, 0) is 4.84 Å². The maximum Gasteiger partial charge on any atom is 0.294 e. The van der Waals surface area contributed by atoms with Gasteiger partial charge in [0, 0.05) is 13.1 Å². The third kappa shape index (κ3) is 2.31. The van der Waals surface area contributed by atoms with Gasteiger partial charge in [-0.15, -0.1) is 10.1 Å². The van der Waals surface area contributed by atoms with Crippen molar-refractivity contribution in [2.45, 2.75) is 18.6 Å². The molecule has 6 nitrogen and oxygen atoms in total. The normalized spacial score (nSPS) is 31.5. The minimum atomic E-state index is -0.848. The first-order valence-electron chi connectivity index (χ1n) is 3.77. The number of rotatable bonds is 2. The summed E-state index contributed by atoms with van der Waals surface area (Å²) in [6, 6.07) is 0. The molecule has 0 radical (unpaired) electrons. The lowest BCUT2D eigenvalue weighted by atomic mass is 10.1. The van der Waals surface area contributed by atoms with Crippen molar-refractivity contribution in [2.75, 3.05) is 20.1 Å². The topological polar surface area (TPSA) is 75.8 Å². The highest BCUT2D eigenvalue weighted by molar-refractivity contribution is 4.77. The quantitative estimate of drug-likeness (QED) is 0.443. The minimum absolute atomic E-state index is 0.429. The minimum Gasteiger partial charge on any atom is -0.389 e. The van der Waals surface area contributed by atoms with E-state index in [-0.39, 0.29) is 0 Å². The molecular formula is C6H12N2O4. The van der Waals surface area contributed by atoms with Crippen molar-refractivity contribution in [1.29, 1.82) is 0 Å². The van der Waals surface area contributed by atoms with Crippen LogP contribution < -0.4 is 0 Å². The van der Waals surface area contributed by atoms with E-state index in [0.717, 1.165) is 6.54 Å². The summed E-state index contributed by atoms with van der Waals surface area (Å²) in [5, 5.41) is 18.4. The highest BCUT2D eigenvalue weighted by atomic mass is 17.0. The van der Waals surface area contributed by atoms with Crippen LogP contribution in [0.2, 0.25) is 0 Å². The average Bonchev–Trinajstić information content (AvgIpc) is 1.94. The van der Waals surface area contributed by atoms with Gasteiger partial charge in [-0.1, -0.05) is 0 Å². The van der Waals surface area contributed by atoms with Crippen molar-refractivity contribution in [3.05, 3.63) is 10.1 Å². The van der Waals surface area contributed by atoms with E-state index in [2.05, 4.69) is 4.84 Å². The Hall–Kier alpha value is -0.880. The summed E-state index contributed by atoms with van der Waals surface area (Å²) < 4.78 is 0. The van der Waals surface area contributed by atoms with Crippen molar-refractivity contribution in [2.24, 2.45) is 0 Å². The monoisotopic (exact) mass is 176 g/mol. The van der Waals surface area contributed by atoms with Crippen LogP contribution in [0.5, 0.6) is 0 Å². The number of hydrogen-bond donors (Lipinski definition) is 1. The average molecular weight is 176 g/mol. The number of piperidine rings is 1. The maximum atomic E-state index is 9.95. The SMILES string of the molecule is CN1CCC(O[N+](=O)[O-])C(O)C1. The van der Waals surface area contributed by atoms with Gasteiger partial charge in [0.05, 0.1) is 6.10 Å². The fourth-order valence-electron chi connectivity index (χ4n) is 1.30. The Balaban J connectivity index is 2.39. The number of nitrogens with zero attached hydrogens (tertiary/aromatic N) is 2. The Bertz CT molecular complexity index is 175. The standard InChI is InChI=1S/C6H12N2O4/c1-7-3-2-6(5(9)4-7)12-8(10)11/h5-6,9H,2-4H2,1H3. The summed E-state index contributed by atoms with van der Waals surface area (Å²) >= 11 is 0. The van der Waals surface area contributed by atoms with Gasteiger partial charge in [-0.2, -0.15) is 0 Å². The summed E-state index contributed by atoms with van der Waals surface area (Å²) in [4.78, 5) is 16.2. The van der Waals surface area contributed by atoms with Crippen LogP contribution in [0.3, 0.4) is 0 Å². The predicted molar refractivity (Wildman–Crippen MR) is 40.0 cm³/mol. The third-order valence-corrected chi connectivity index (χ3v) is 1.94. The molecule has 70 valence electrons.